The highest BCUT2D eigenvalue weighted by Gasteiger charge is 2.16. The van der Waals surface area contributed by atoms with Gasteiger partial charge in [0.15, 0.2) is 0 Å². The van der Waals surface area contributed by atoms with Crippen molar-refractivity contribution < 1.29 is 4.79 Å². The van der Waals surface area contributed by atoms with E-state index in [4.69, 9.17) is 0 Å². The van der Waals surface area contributed by atoms with Crippen molar-refractivity contribution in [2.24, 2.45) is 0 Å². The Labute approximate surface area is 150 Å². The van der Waals surface area contributed by atoms with Gasteiger partial charge >= 0.3 is 0 Å². The summed E-state index contributed by atoms with van der Waals surface area (Å²) >= 11 is 1.34. The van der Waals surface area contributed by atoms with Gasteiger partial charge in [0.2, 0.25) is 5.82 Å². The van der Waals surface area contributed by atoms with E-state index in [1.807, 2.05) is 12.1 Å². The minimum Gasteiger partial charge on any atom is -0.321 e. The van der Waals surface area contributed by atoms with Gasteiger partial charge in [-0.05, 0) is 46.4 Å². The van der Waals surface area contributed by atoms with E-state index in [1.54, 1.807) is 6.07 Å². The number of amides is 1. The molecule has 0 spiro atoms. The molecule has 0 fully saturated rings. The molecular formula is C18H21N5OS. The average Bonchev–Trinajstić information content (AvgIpc) is 3.26. The van der Waals surface area contributed by atoms with Crippen LogP contribution < -0.4 is 5.32 Å². The number of tetrazole rings is 1. The van der Waals surface area contributed by atoms with Crippen LogP contribution in [0, 0.1) is 0 Å². The Morgan fingerprint density at radius 1 is 1.12 bits per heavy atom. The van der Waals surface area contributed by atoms with Gasteiger partial charge in [-0.25, -0.2) is 0 Å². The van der Waals surface area contributed by atoms with E-state index in [0.29, 0.717) is 22.5 Å². The normalized spacial score (nSPS) is 11.3. The van der Waals surface area contributed by atoms with Crippen LogP contribution in [-0.2, 0) is 0 Å². The second kappa shape index (κ2) is 7.14. The summed E-state index contributed by atoms with van der Waals surface area (Å²) < 4.78 is 0. The number of hydrogen-bond donors (Lipinski definition) is 2. The van der Waals surface area contributed by atoms with Crippen molar-refractivity contribution in [3.05, 3.63) is 46.3 Å². The number of benzene rings is 1. The largest absolute Gasteiger partial charge is 0.321 e. The monoisotopic (exact) mass is 355 g/mol. The van der Waals surface area contributed by atoms with Crippen LogP contribution in [-0.4, -0.2) is 26.5 Å². The molecule has 1 aromatic carbocycles. The summed E-state index contributed by atoms with van der Waals surface area (Å²) in [6.45, 7) is 8.61. The Balaban J connectivity index is 1.83. The van der Waals surface area contributed by atoms with Crippen molar-refractivity contribution in [1.29, 1.82) is 0 Å². The van der Waals surface area contributed by atoms with Gasteiger partial charge in [0, 0.05) is 5.69 Å². The van der Waals surface area contributed by atoms with Crippen molar-refractivity contribution in [3.63, 3.8) is 0 Å². The lowest BCUT2D eigenvalue weighted by Gasteiger charge is -2.16. The van der Waals surface area contributed by atoms with E-state index < -0.39 is 0 Å². The molecule has 3 aromatic rings. The van der Waals surface area contributed by atoms with Crippen LogP contribution in [0.3, 0.4) is 0 Å². The molecule has 7 heteroatoms. The smallest absolute Gasteiger partial charge is 0.265 e. The zero-order valence-electron chi connectivity index (χ0n) is 14.7. The Bertz CT molecular complexity index is 867. The molecule has 0 radical (unpaired) electrons. The first-order valence-corrected chi connectivity index (χ1v) is 9.06. The number of thiophene rings is 1. The average molecular weight is 355 g/mol. The Kier molecular flexibility index (Phi) is 4.94. The number of anilines is 1. The predicted octanol–water partition coefficient (Wildman–Crippen LogP) is 4.43. The summed E-state index contributed by atoms with van der Waals surface area (Å²) in [5, 5.41) is 16.9. The molecule has 0 aliphatic carbocycles. The first kappa shape index (κ1) is 17.3. The van der Waals surface area contributed by atoms with Crippen molar-refractivity contribution >= 4 is 22.9 Å². The zero-order valence-corrected chi connectivity index (χ0v) is 15.5. The van der Waals surface area contributed by atoms with Gasteiger partial charge in [0.25, 0.3) is 5.91 Å². The van der Waals surface area contributed by atoms with E-state index in [-0.39, 0.29) is 5.91 Å². The first-order chi connectivity index (χ1) is 12.0. The van der Waals surface area contributed by atoms with E-state index in [0.717, 1.165) is 16.1 Å². The lowest BCUT2D eigenvalue weighted by Crippen LogP contribution is -2.12. The predicted molar refractivity (Wildman–Crippen MR) is 100 cm³/mol. The van der Waals surface area contributed by atoms with Crippen LogP contribution in [0.4, 0.5) is 5.69 Å². The van der Waals surface area contributed by atoms with Gasteiger partial charge in [-0.3, -0.25) is 4.79 Å². The molecule has 130 valence electrons. The molecule has 0 bridgehead atoms. The second-order valence-corrected chi connectivity index (χ2v) is 7.59. The maximum absolute atomic E-state index is 12.6. The lowest BCUT2D eigenvalue weighted by molar-refractivity contribution is 0.103. The zero-order chi connectivity index (χ0) is 18.0. The van der Waals surface area contributed by atoms with Gasteiger partial charge in [0.05, 0.1) is 9.75 Å². The number of aromatic amines is 1. The summed E-state index contributed by atoms with van der Waals surface area (Å²) in [4.78, 5) is 14.0. The molecule has 3 rings (SSSR count). The number of carbonyl (C=O) groups excluding carboxylic acids is 1. The molecule has 0 saturated heterocycles. The molecule has 0 aliphatic heterocycles. The van der Waals surface area contributed by atoms with E-state index in [2.05, 4.69) is 65.8 Å². The highest BCUT2D eigenvalue weighted by atomic mass is 32.1. The maximum atomic E-state index is 12.6. The molecule has 2 heterocycles. The van der Waals surface area contributed by atoms with Gasteiger partial charge < -0.3 is 5.32 Å². The molecule has 1 amide bonds. The van der Waals surface area contributed by atoms with Crippen molar-refractivity contribution in [3.8, 4) is 10.7 Å². The standard InChI is InChI=1S/C18H21N5OS/c1-10(2)12-5-6-14(13(9-12)11(3)4)19-18(24)16-8-7-15(25-16)17-20-22-23-21-17/h5-11H,1-4H3,(H,19,24)(H,20,21,22,23). The van der Waals surface area contributed by atoms with E-state index in [9.17, 15) is 4.79 Å². The molecule has 0 saturated carbocycles. The number of nitrogens with one attached hydrogen (secondary N) is 2. The summed E-state index contributed by atoms with van der Waals surface area (Å²) in [5.74, 6) is 1.15. The molecular weight excluding hydrogens is 334 g/mol. The molecule has 2 N–H and O–H groups in total. The summed E-state index contributed by atoms with van der Waals surface area (Å²) in [6.07, 6.45) is 0. The molecule has 6 nitrogen and oxygen atoms in total. The highest BCUT2D eigenvalue weighted by molar-refractivity contribution is 7.17. The van der Waals surface area contributed by atoms with E-state index in [1.165, 1.54) is 16.9 Å². The molecule has 2 aromatic heterocycles. The summed E-state index contributed by atoms with van der Waals surface area (Å²) in [7, 11) is 0. The molecule has 0 aliphatic rings. The summed E-state index contributed by atoms with van der Waals surface area (Å²) in [5.41, 5.74) is 3.28. The molecule has 25 heavy (non-hydrogen) atoms. The fourth-order valence-corrected chi connectivity index (χ4v) is 3.39. The number of carbonyl (C=O) groups is 1. The van der Waals surface area contributed by atoms with Gasteiger partial charge in [-0.2, -0.15) is 5.21 Å². The fraction of sp³-hybridized carbons (Fsp3) is 0.333. The Hall–Kier alpha value is -2.54. The van der Waals surface area contributed by atoms with Crippen molar-refractivity contribution in [2.75, 3.05) is 5.32 Å². The number of rotatable bonds is 5. The minimum absolute atomic E-state index is 0.126. The van der Waals surface area contributed by atoms with Crippen LogP contribution in [0.1, 0.15) is 60.3 Å². The Morgan fingerprint density at radius 2 is 1.92 bits per heavy atom. The SMILES string of the molecule is CC(C)c1ccc(NC(=O)c2ccc(-c3nn[nH]n3)s2)c(C(C)C)c1. The van der Waals surface area contributed by atoms with Crippen LogP contribution in [0.2, 0.25) is 0 Å². The van der Waals surface area contributed by atoms with Crippen molar-refractivity contribution in [1.82, 2.24) is 20.6 Å². The molecule has 0 atom stereocenters. The van der Waals surface area contributed by atoms with Gasteiger partial charge in [0.1, 0.15) is 0 Å². The third kappa shape index (κ3) is 3.76. The summed E-state index contributed by atoms with van der Waals surface area (Å²) in [6, 6.07) is 9.87. The Morgan fingerprint density at radius 3 is 2.56 bits per heavy atom. The number of H-pyrrole nitrogens is 1. The van der Waals surface area contributed by atoms with Crippen LogP contribution >= 0.6 is 11.3 Å². The lowest BCUT2D eigenvalue weighted by atomic mass is 9.94. The second-order valence-electron chi connectivity index (χ2n) is 6.51. The van der Waals surface area contributed by atoms with Crippen LogP contribution in [0.25, 0.3) is 10.7 Å². The number of nitrogens with zero attached hydrogens (tertiary/aromatic N) is 3. The van der Waals surface area contributed by atoms with Crippen LogP contribution in [0.5, 0.6) is 0 Å². The van der Waals surface area contributed by atoms with E-state index >= 15 is 0 Å². The highest BCUT2D eigenvalue weighted by Crippen LogP contribution is 2.30. The van der Waals surface area contributed by atoms with Gasteiger partial charge in [-0.15, -0.1) is 21.5 Å². The molecule has 0 unspecified atom stereocenters. The minimum atomic E-state index is -0.126. The maximum Gasteiger partial charge on any atom is 0.265 e. The third-order valence-corrected chi connectivity index (χ3v) is 5.09. The first-order valence-electron chi connectivity index (χ1n) is 8.24. The quantitative estimate of drug-likeness (QED) is 0.709. The number of hydrogen-bond acceptors (Lipinski definition) is 5. The number of aromatic nitrogens is 4. The van der Waals surface area contributed by atoms with Gasteiger partial charge in [-0.1, -0.05) is 39.8 Å². The van der Waals surface area contributed by atoms with Crippen molar-refractivity contribution in [2.45, 2.75) is 39.5 Å². The third-order valence-electron chi connectivity index (χ3n) is 4.01. The van der Waals surface area contributed by atoms with Crippen LogP contribution in [0.15, 0.2) is 30.3 Å². The fourth-order valence-electron chi connectivity index (χ4n) is 2.56. The topological polar surface area (TPSA) is 83.6 Å².